The molecule has 0 aromatic heterocycles. The van der Waals surface area contributed by atoms with Crippen LogP contribution in [0.1, 0.15) is 27.0 Å². The Morgan fingerprint density at radius 1 is 1.38 bits per heavy atom. The van der Waals surface area contributed by atoms with Crippen molar-refractivity contribution in [3.05, 3.63) is 34.4 Å². The summed E-state index contributed by atoms with van der Waals surface area (Å²) in [6.45, 7) is 4.21. The van der Waals surface area contributed by atoms with Crippen molar-refractivity contribution in [1.29, 1.82) is 0 Å². The Bertz CT molecular complexity index is 322. The van der Waals surface area contributed by atoms with Gasteiger partial charge in [-0.3, -0.25) is 0 Å². The number of hydrogen-bond donors (Lipinski definition) is 2. The molecule has 13 heavy (non-hydrogen) atoms. The molecule has 0 bridgehead atoms. The number of aromatic carboxylic acids is 1. The van der Waals surface area contributed by atoms with Crippen LogP contribution >= 0.6 is 0 Å². The van der Waals surface area contributed by atoms with Crippen LogP contribution in [0.5, 0.6) is 0 Å². The molecule has 0 unspecified atom stereocenters. The van der Waals surface area contributed by atoms with E-state index in [1.54, 1.807) is 12.1 Å². The lowest BCUT2D eigenvalue weighted by atomic mass is 9.99. The van der Waals surface area contributed by atoms with Gasteiger partial charge in [0.05, 0.1) is 5.56 Å². The largest absolute Gasteiger partial charge is 0.478 e. The Labute approximate surface area is 77.2 Å². The molecule has 0 saturated carbocycles. The fourth-order valence-corrected chi connectivity index (χ4v) is 1.44. The maximum absolute atomic E-state index is 10.7. The second-order valence-electron chi connectivity index (χ2n) is 3.10. The predicted molar refractivity (Wildman–Crippen MR) is 50.8 cm³/mol. The van der Waals surface area contributed by atoms with Crippen molar-refractivity contribution in [3.8, 4) is 0 Å². The summed E-state index contributed by atoms with van der Waals surface area (Å²) >= 11 is 0. The first-order valence-electron chi connectivity index (χ1n) is 4.09. The number of nitrogens with two attached hydrogens (primary N) is 1. The summed E-state index contributed by atoms with van der Waals surface area (Å²) in [7, 11) is 0. The van der Waals surface area contributed by atoms with Crippen molar-refractivity contribution < 1.29 is 9.90 Å². The second-order valence-corrected chi connectivity index (χ2v) is 3.10. The predicted octanol–water partition coefficient (Wildman–Crippen LogP) is 1.46. The highest BCUT2D eigenvalue weighted by Gasteiger charge is 2.07. The van der Waals surface area contributed by atoms with Crippen LogP contribution in [0.2, 0.25) is 0 Å². The SMILES string of the molecule is Cc1cc(C(=O)O)cc(C)c1CN. The summed E-state index contributed by atoms with van der Waals surface area (Å²) in [6.07, 6.45) is 0. The van der Waals surface area contributed by atoms with Crippen molar-refractivity contribution in [1.82, 2.24) is 0 Å². The fourth-order valence-electron chi connectivity index (χ4n) is 1.44. The van der Waals surface area contributed by atoms with Crippen molar-refractivity contribution in [2.45, 2.75) is 20.4 Å². The first-order chi connectivity index (χ1) is 6.06. The van der Waals surface area contributed by atoms with Crippen LogP contribution < -0.4 is 5.73 Å². The van der Waals surface area contributed by atoms with E-state index in [1.807, 2.05) is 13.8 Å². The Morgan fingerprint density at radius 3 is 2.15 bits per heavy atom. The Morgan fingerprint density at radius 2 is 1.85 bits per heavy atom. The molecule has 0 amide bonds. The van der Waals surface area contributed by atoms with Gasteiger partial charge in [-0.2, -0.15) is 0 Å². The van der Waals surface area contributed by atoms with Crippen LogP contribution in [0.3, 0.4) is 0 Å². The Kier molecular flexibility index (Phi) is 2.68. The molecule has 0 radical (unpaired) electrons. The molecule has 0 saturated heterocycles. The van der Waals surface area contributed by atoms with Crippen molar-refractivity contribution in [2.24, 2.45) is 5.73 Å². The quantitative estimate of drug-likeness (QED) is 0.722. The average molecular weight is 179 g/mol. The van der Waals surface area contributed by atoms with Gasteiger partial charge in [-0.15, -0.1) is 0 Å². The van der Waals surface area contributed by atoms with Crippen molar-refractivity contribution in [3.63, 3.8) is 0 Å². The van der Waals surface area contributed by atoms with Crippen molar-refractivity contribution in [2.75, 3.05) is 0 Å². The number of rotatable bonds is 2. The van der Waals surface area contributed by atoms with E-state index in [0.29, 0.717) is 12.1 Å². The van der Waals surface area contributed by atoms with E-state index in [2.05, 4.69) is 0 Å². The van der Waals surface area contributed by atoms with E-state index in [9.17, 15) is 4.79 Å². The number of carboxylic acids is 1. The molecule has 0 heterocycles. The molecular weight excluding hydrogens is 166 g/mol. The number of benzene rings is 1. The summed E-state index contributed by atoms with van der Waals surface area (Å²) < 4.78 is 0. The van der Waals surface area contributed by atoms with E-state index in [4.69, 9.17) is 10.8 Å². The summed E-state index contributed by atoms with van der Waals surface area (Å²) in [5, 5.41) is 8.77. The molecule has 0 aliphatic heterocycles. The van der Waals surface area contributed by atoms with Gasteiger partial charge in [0, 0.05) is 6.54 Å². The molecular formula is C10H13NO2. The minimum absolute atomic E-state index is 0.326. The van der Waals surface area contributed by atoms with Gasteiger partial charge < -0.3 is 10.8 Å². The molecule has 70 valence electrons. The molecule has 0 spiro atoms. The second kappa shape index (κ2) is 3.58. The van der Waals surface area contributed by atoms with Crippen LogP contribution in [-0.2, 0) is 6.54 Å². The fraction of sp³-hybridized carbons (Fsp3) is 0.300. The highest BCUT2D eigenvalue weighted by atomic mass is 16.4. The summed E-state index contributed by atoms with van der Waals surface area (Å²) in [5.41, 5.74) is 8.78. The van der Waals surface area contributed by atoms with Gasteiger partial charge in [0.25, 0.3) is 0 Å². The van der Waals surface area contributed by atoms with Crippen LogP contribution in [0.15, 0.2) is 12.1 Å². The molecule has 0 aliphatic carbocycles. The van der Waals surface area contributed by atoms with E-state index >= 15 is 0 Å². The van der Waals surface area contributed by atoms with Gasteiger partial charge in [0.1, 0.15) is 0 Å². The minimum Gasteiger partial charge on any atom is -0.478 e. The maximum Gasteiger partial charge on any atom is 0.335 e. The molecule has 1 rings (SSSR count). The summed E-state index contributed by atoms with van der Waals surface area (Å²) in [5.74, 6) is -0.894. The van der Waals surface area contributed by atoms with E-state index in [1.165, 1.54) is 0 Å². The molecule has 1 aromatic rings. The standard InChI is InChI=1S/C10H13NO2/c1-6-3-8(10(12)13)4-7(2)9(6)5-11/h3-4H,5,11H2,1-2H3,(H,12,13). The lowest BCUT2D eigenvalue weighted by Crippen LogP contribution is -2.05. The molecule has 1 aromatic carbocycles. The Hall–Kier alpha value is -1.35. The lowest BCUT2D eigenvalue weighted by molar-refractivity contribution is 0.0696. The lowest BCUT2D eigenvalue weighted by Gasteiger charge is -2.08. The Balaban J connectivity index is 3.28. The molecule has 0 fully saturated rings. The van der Waals surface area contributed by atoms with Crippen LogP contribution in [-0.4, -0.2) is 11.1 Å². The third-order valence-corrected chi connectivity index (χ3v) is 2.15. The smallest absolute Gasteiger partial charge is 0.335 e. The van der Waals surface area contributed by atoms with Gasteiger partial charge in [-0.1, -0.05) is 0 Å². The maximum atomic E-state index is 10.7. The zero-order valence-electron chi connectivity index (χ0n) is 7.79. The van der Waals surface area contributed by atoms with E-state index < -0.39 is 5.97 Å². The third-order valence-electron chi connectivity index (χ3n) is 2.15. The molecule has 0 aliphatic rings. The summed E-state index contributed by atoms with van der Waals surface area (Å²) in [4.78, 5) is 10.7. The topological polar surface area (TPSA) is 63.3 Å². The van der Waals surface area contributed by atoms with Crippen molar-refractivity contribution >= 4 is 5.97 Å². The normalized spacial score (nSPS) is 10.1. The summed E-state index contributed by atoms with van der Waals surface area (Å²) in [6, 6.07) is 3.30. The first-order valence-corrected chi connectivity index (χ1v) is 4.09. The molecule has 3 heteroatoms. The van der Waals surface area contributed by atoms with E-state index in [0.717, 1.165) is 16.7 Å². The van der Waals surface area contributed by atoms with Gasteiger partial charge in [-0.25, -0.2) is 4.79 Å². The third kappa shape index (κ3) is 1.87. The van der Waals surface area contributed by atoms with Crippen LogP contribution in [0.25, 0.3) is 0 Å². The number of carbonyl (C=O) groups is 1. The molecule has 0 atom stereocenters. The number of hydrogen-bond acceptors (Lipinski definition) is 2. The van der Waals surface area contributed by atoms with Gasteiger partial charge in [0.15, 0.2) is 0 Å². The zero-order chi connectivity index (χ0) is 10.0. The van der Waals surface area contributed by atoms with Gasteiger partial charge >= 0.3 is 5.97 Å². The molecule has 3 nitrogen and oxygen atoms in total. The molecule has 3 N–H and O–H groups in total. The first kappa shape index (κ1) is 9.74. The average Bonchev–Trinajstić information content (AvgIpc) is 2.03. The highest BCUT2D eigenvalue weighted by Crippen LogP contribution is 2.15. The van der Waals surface area contributed by atoms with Crippen LogP contribution in [0.4, 0.5) is 0 Å². The number of carboxylic acid groups (broad SMARTS) is 1. The van der Waals surface area contributed by atoms with Gasteiger partial charge in [-0.05, 0) is 42.7 Å². The monoisotopic (exact) mass is 179 g/mol. The van der Waals surface area contributed by atoms with Gasteiger partial charge in [0.2, 0.25) is 0 Å². The highest BCUT2D eigenvalue weighted by molar-refractivity contribution is 5.88. The zero-order valence-corrected chi connectivity index (χ0v) is 7.79. The van der Waals surface area contributed by atoms with E-state index in [-0.39, 0.29) is 0 Å². The van der Waals surface area contributed by atoms with Crippen LogP contribution in [0, 0.1) is 13.8 Å². The number of aryl methyl sites for hydroxylation is 2. The minimum atomic E-state index is -0.894.